The quantitative estimate of drug-likeness (QED) is 0.869. The maximum Gasteiger partial charge on any atom is 0.220 e. The van der Waals surface area contributed by atoms with Crippen molar-refractivity contribution in [2.75, 3.05) is 13.1 Å². The van der Waals surface area contributed by atoms with Crippen LogP contribution in [0.25, 0.3) is 0 Å². The third kappa shape index (κ3) is 2.97. The van der Waals surface area contributed by atoms with E-state index >= 15 is 0 Å². The van der Waals surface area contributed by atoms with Crippen LogP contribution < -0.4 is 10.6 Å². The molecule has 1 aliphatic heterocycles. The lowest BCUT2D eigenvalue weighted by atomic mass is 9.99. The van der Waals surface area contributed by atoms with E-state index in [-0.39, 0.29) is 11.9 Å². The smallest absolute Gasteiger partial charge is 0.220 e. The maximum atomic E-state index is 11.7. The number of halogens is 1. The number of hydrogen-bond donors (Lipinski definition) is 2. The molecule has 1 amide bonds. The third-order valence-corrected chi connectivity index (χ3v) is 4.15. The number of thiophene rings is 1. The van der Waals surface area contributed by atoms with Crippen molar-refractivity contribution in [2.45, 2.75) is 19.4 Å². The molecule has 16 heavy (non-hydrogen) atoms. The first-order chi connectivity index (χ1) is 7.65. The highest BCUT2D eigenvalue weighted by molar-refractivity contribution is 7.16. The first-order valence-electron chi connectivity index (χ1n) is 5.40. The summed E-state index contributed by atoms with van der Waals surface area (Å²) >= 11 is 7.37. The summed E-state index contributed by atoms with van der Waals surface area (Å²) in [6, 6.07) is 3.88. The van der Waals surface area contributed by atoms with Gasteiger partial charge >= 0.3 is 0 Å². The Morgan fingerprint density at radius 3 is 2.94 bits per heavy atom. The Hall–Kier alpha value is -0.580. The molecular weight excluding hydrogens is 244 g/mol. The van der Waals surface area contributed by atoms with Crippen LogP contribution in [0.1, 0.15) is 24.3 Å². The highest BCUT2D eigenvalue weighted by Crippen LogP contribution is 2.26. The number of rotatable bonds is 4. The monoisotopic (exact) mass is 258 g/mol. The van der Waals surface area contributed by atoms with Crippen molar-refractivity contribution in [2.24, 2.45) is 5.92 Å². The van der Waals surface area contributed by atoms with Crippen molar-refractivity contribution in [1.82, 2.24) is 10.6 Å². The van der Waals surface area contributed by atoms with Crippen molar-refractivity contribution < 1.29 is 4.79 Å². The van der Waals surface area contributed by atoms with Gasteiger partial charge in [-0.15, -0.1) is 11.3 Å². The minimum absolute atomic E-state index is 0.0537. The van der Waals surface area contributed by atoms with E-state index in [9.17, 15) is 4.79 Å². The van der Waals surface area contributed by atoms with Crippen LogP contribution in [0.2, 0.25) is 4.34 Å². The SMILES string of the molecule is CC(NC(=O)CC1CNC1)c1ccc(Cl)s1. The van der Waals surface area contributed by atoms with E-state index in [0.717, 1.165) is 22.3 Å². The summed E-state index contributed by atoms with van der Waals surface area (Å²) in [5, 5.41) is 6.15. The van der Waals surface area contributed by atoms with Gasteiger partial charge in [0.25, 0.3) is 0 Å². The Labute approximate surface area is 104 Å². The first kappa shape index (κ1) is 11.9. The number of carbonyl (C=O) groups is 1. The normalized spacial score (nSPS) is 17.9. The maximum absolute atomic E-state index is 11.7. The average molecular weight is 259 g/mol. The highest BCUT2D eigenvalue weighted by atomic mass is 35.5. The zero-order chi connectivity index (χ0) is 11.5. The van der Waals surface area contributed by atoms with Gasteiger partial charge in [-0.2, -0.15) is 0 Å². The molecule has 1 fully saturated rings. The summed E-state index contributed by atoms with van der Waals surface area (Å²) in [5.41, 5.74) is 0. The van der Waals surface area contributed by atoms with E-state index in [1.54, 1.807) is 0 Å². The number of amides is 1. The molecule has 0 spiro atoms. The topological polar surface area (TPSA) is 41.1 Å². The molecule has 0 bridgehead atoms. The van der Waals surface area contributed by atoms with Crippen LogP contribution in [0.5, 0.6) is 0 Å². The van der Waals surface area contributed by atoms with Gasteiger partial charge in [-0.25, -0.2) is 0 Å². The Kier molecular flexibility index (Phi) is 3.84. The molecule has 2 N–H and O–H groups in total. The van der Waals surface area contributed by atoms with Crippen LogP contribution in [0.3, 0.4) is 0 Å². The predicted molar refractivity (Wildman–Crippen MR) is 66.9 cm³/mol. The van der Waals surface area contributed by atoms with Crippen molar-refractivity contribution in [3.63, 3.8) is 0 Å². The molecule has 0 aromatic carbocycles. The van der Waals surface area contributed by atoms with Crippen LogP contribution in [0.15, 0.2) is 12.1 Å². The molecule has 88 valence electrons. The fourth-order valence-corrected chi connectivity index (χ4v) is 2.75. The summed E-state index contributed by atoms with van der Waals surface area (Å²) in [5.74, 6) is 0.641. The number of carbonyl (C=O) groups excluding carboxylic acids is 1. The molecule has 5 heteroatoms. The molecule has 1 aromatic rings. The van der Waals surface area contributed by atoms with Crippen molar-refractivity contribution >= 4 is 28.8 Å². The lowest BCUT2D eigenvalue weighted by molar-refractivity contribution is -0.123. The summed E-state index contributed by atoms with van der Waals surface area (Å²) in [4.78, 5) is 12.8. The lowest BCUT2D eigenvalue weighted by Gasteiger charge is -2.26. The van der Waals surface area contributed by atoms with Gasteiger partial charge in [0.05, 0.1) is 10.4 Å². The molecule has 2 heterocycles. The van der Waals surface area contributed by atoms with E-state index in [2.05, 4.69) is 10.6 Å². The molecule has 2 rings (SSSR count). The van der Waals surface area contributed by atoms with E-state index in [4.69, 9.17) is 11.6 Å². The Balaban J connectivity index is 1.81. The molecular formula is C11H15ClN2OS. The van der Waals surface area contributed by atoms with Gasteiger partial charge in [-0.3, -0.25) is 4.79 Å². The molecule has 1 aromatic heterocycles. The van der Waals surface area contributed by atoms with Crippen molar-refractivity contribution in [3.8, 4) is 0 Å². The van der Waals surface area contributed by atoms with E-state index in [1.165, 1.54) is 11.3 Å². The van der Waals surface area contributed by atoms with Gasteiger partial charge in [0.2, 0.25) is 5.91 Å². The van der Waals surface area contributed by atoms with E-state index in [1.807, 2.05) is 19.1 Å². The van der Waals surface area contributed by atoms with Crippen LogP contribution in [-0.4, -0.2) is 19.0 Å². The largest absolute Gasteiger partial charge is 0.349 e. The van der Waals surface area contributed by atoms with Gasteiger partial charge in [-0.1, -0.05) is 11.6 Å². The molecule has 1 unspecified atom stereocenters. The van der Waals surface area contributed by atoms with Crippen LogP contribution in [0.4, 0.5) is 0 Å². The number of nitrogens with one attached hydrogen (secondary N) is 2. The van der Waals surface area contributed by atoms with Gasteiger partial charge in [0, 0.05) is 11.3 Å². The molecule has 0 radical (unpaired) electrons. The highest BCUT2D eigenvalue weighted by Gasteiger charge is 2.21. The Bertz CT molecular complexity index is 376. The fraction of sp³-hybridized carbons (Fsp3) is 0.545. The van der Waals surface area contributed by atoms with Gasteiger partial charge in [0.1, 0.15) is 0 Å². The van der Waals surface area contributed by atoms with E-state index in [0.29, 0.717) is 12.3 Å². The zero-order valence-electron chi connectivity index (χ0n) is 9.13. The second kappa shape index (κ2) is 5.17. The minimum atomic E-state index is 0.0537. The van der Waals surface area contributed by atoms with Gasteiger partial charge in [0.15, 0.2) is 0 Å². The molecule has 0 saturated carbocycles. The second-order valence-electron chi connectivity index (χ2n) is 4.16. The Morgan fingerprint density at radius 2 is 2.44 bits per heavy atom. The Morgan fingerprint density at radius 1 is 1.69 bits per heavy atom. The number of hydrogen-bond acceptors (Lipinski definition) is 3. The fourth-order valence-electron chi connectivity index (χ4n) is 1.69. The van der Waals surface area contributed by atoms with Gasteiger partial charge in [-0.05, 0) is 38.1 Å². The van der Waals surface area contributed by atoms with Crippen LogP contribution >= 0.6 is 22.9 Å². The van der Waals surface area contributed by atoms with Crippen LogP contribution in [0, 0.1) is 5.92 Å². The van der Waals surface area contributed by atoms with E-state index < -0.39 is 0 Å². The molecule has 0 aliphatic carbocycles. The van der Waals surface area contributed by atoms with Gasteiger partial charge < -0.3 is 10.6 Å². The molecule has 1 atom stereocenters. The average Bonchev–Trinajstić information content (AvgIpc) is 2.58. The standard InChI is InChI=1S/C11H15ClN2OS/c1-7(9-2-3-10(12)16-9)14-11(15)4-8-5-13-6-8/h2-3,7-8,13H,4-6H2,1H3,(H,14,15). The summed E-state index contributed by atoms with van der Waals surface area (Å²) < 4.78 is 0.763. The summed E-state index contributed by atoms with van der Waals surface area (Å²) in [7, 11) is 0. The van der Waals surface area contributed by atoms with Crippen LogP contribution in [-0.2, 0) is 4.79 Å². The molecule has 3 nitrogen and oxygen atoms in total. The predicted octanol–water partition coefficient (Wildman–Crippen LogP) is 2.19. The second-order valence-corrected chi connectivity index (χ2v) is 5.91. The van der Waals surface area contributed by atoms with Crippen molar-refractivity contribution in [3.05, 3.63) is 21.3 Å². The first-order valence-corrected chi connectivity index (χ1v) is 6.60. The summed E-state index contributed by atoms with van der Waals surface area (Å²) in [6.45, 7) is 3.92. The molecule has 1 saturated heterocycles. The summed E-state index contributed by atoms with van der Waals surface area (Å²) in [6.07, 6.45) is 0.621. The van der Waals surface area contributed by atoms with Crippen molar-refractivity contribution in [1.29, 1.82) is 0 Å². The molecule has 1 aliphatic rings. The zero-order valence-corrected chi connectivity index (χ0v) is 10.7. The third-order valence-electron chi connectivity index (χ3n) is 2.74. The lowest BCUT2D eigenvalue weighted by Crippen LogP contribution is -2.44. The minimum Gasteiger partial charge on any atom is -0.349 e.